The molecule has 0 fully saturated rings. The minimum absolute atomic E-state index is 0. The van der Waals surface area contributed by atoms with E-state index in [0.29, 0.717) is 0 Å². The summed E-state index contributed by atoms with van der Waals surface area (Å²) >= 11 is 0. The van der Waals surface area contributed by atoms with Gasteiger partial charge in [-0.1, -0.05) is 103 Å². The minimum Gasteiger partial charge on any atom is -0.483 e. The van der Waals surface area contributed by atoms with Gasteiger partial charge < -0.3 is 10.8 Å². The maximum atomic E-state index is 8.36. The van der Waals surface area contributed by atoms with E-state index in [-0.39, 0.29) is 18.9 Å². The number of halogens is 1. The lowest BCUT2D eigenvalue weighted by molar-refractivity contribution is -0.122. The van der Waals surface area contributed by atoms with Crippen molar-refractivity contribution in [2.24, 2.45) is 5.73 Å². The molecule has 0 bridgehead atoms. The van der Waals surface area contributed by atoms with Gasteiger partial charge >= 0.3 is 0 Å². The third-order valence-corrected chi connectivity index (χ3v) is 4.06. The van der Waals surface area contributed by atoms with Gasteiger partial charge in [0.15, 0.2) is 0 Å². The zero-order chi connectivity index (χ0) is 16.7. The number of unbranched alkanes of at least 4 members (excludes halogenated alkanes) is 15. The highest BCUT2D eigenvalue weighted by Crippen LogP contribution is 2.13. The Morgan fingerprint density at radius 2 is 0.870 bits per heavy atom. The van der Waals surface area contributed by atoms with Crippen molar-refractivity contribution in [3.8, 4) is 0 Å². The fourth-order valence-electron chi connectivity index (χ4n) is 2.69. The summed E-state index contributed by atoms with van der Waals surface area (Å²) in [5.41, 5.74) is 5.48. The maximum absolute atomic E-state index is 8.36. The fourth-order valence-corrected chi connectivity index (χ4v) is 2.69. The molecule has 0 unspecified atom stereocenters. The van der Waals surface area contributed by atoms with Crippen LogP contribution in [-0.2, 0) is 4.79 Å². The smallest absolute Gasteiger partial charge is 0.290 e. The summed E-state index contributed by atoms with van der Waals surface area (Å²) in [5, 5.41) is 6.89. The summed E-state index contributed by atoms with van der Waals surface area (Å²) in [4.78, 5) is 8.36. The van der Waals surface area contributed by atoms with Crippen LogP contribution in [0.4, 0.5) is 0 Å². The first-order valence-corrected chi connectivity index (χ1v) is 9.61. The van der Waals surface area contributed by atoms with Gasteiger partial charge in [-0.05, 0) is 13.0 Å². The van der Waals surface area contributed by atoms with E-state index < -0.39 is 0 Å². The van der Waals surface area contributed by atoms with Crippen LogP contribution in [0.5, 0.6) is 0 Å². The van der Waals surface area contributed by atoms with Crippen molar-refractivity contribution >= 4 is 18.9 Å². The van der Waals surface area contributed by atoms with Gasteiger partial charge in [0.2, 0.25) is 0 Å². The second-order valence-electron chi connectivity index (χ2n) is 6.20. The highest BCUT2D eigenvalue weighted by molar-refractivity contribution is 5.85. The molecule has 3 nitrogen and oxygen atoms in total. The molecule has 0 rings (SSSR count). The Hall–Kier alpha value is -0.280. The van der Waals surface area contributed by atoms with Crippen LogP contribution in [0.3, 0.4) is 0 Å². The molecule has 0 radical (unpaired) electrons. The van der Waals surface area contributed by atoms with Gasteiger partial charge in [-0.15, -0.1) is 12.4 Å². The van der Waals surface area contributed by atoms with E-state index in [1.165, 1.54) is 103 Å². The first kappa shape index (κ1) is 27.6. The van der Waals surface area contributed by atoms with E-state index in [4.69, 9.17) is 15.6 Å². The second kappa shape index (κ2) is 29.7. The molecule has 0 atom stereocenters. The molecular formula is C19H42ClNO2. The van der Waals surface area contributed by atoms with E-state index in [1.54, 1.807) is 0 Å². The Labute approximate surface area is 151 Å². The maximum Gasteiger partial charge on any atom is 0.290 e. The average Bonchev–Trinajstić information content (AvgIpc) is 2.52. The molecule has 0 aromatic heterocycles. The number of hydrogen-bond acceptors (Lipinski definition) is 2. The van der Waals surface area contributed by atoms with Crippen LogP contribution in [0.1, 0.15) is 110 Å². The van der Waals surface area contributed by atoms with Crippen molar-refractivity contribution in [1.29, 1.82) is 0 Å². The molecule has 0 spiro atoms. The first-order valence-electron chi connectivity index (χ1n) is 9.61. The van der Waals surface area contributed by atoms with Gasteiger partial charge in [0, 0.05) is 0 Å². The first-order chi connectivity index (χ1) is 10.8. The minimum atomic E-state index is -0.250. The molecule has 0 aliphatic carbocycles. The van der Waals surface area contributed by atoms with E-state index >= 15 is 0 Å². The SMILES string of the molecule is CCCCCCCCCCCCCCCCCCN.Cl.O=CO. The van der Waals surface area contributed by atoms with Crippen LogP contribution < -0.4 is 5.73 Å². The molecule has 0 aromatic rings. The zero-order valence-corrected chi connectivity index (χ0v) is 16.3. The molecule has 3 N–H and O–H groups in total. The normalized spacial score (nSPS) is 9.65. The lowest BCUT2D eigenvalue weighted by atomic mass is 10.0. The number of nitrogens with two attached hydrogens (primary N) is 1. The Balaban J connectivity index is -0.000000920. The third kappa shape index (κ3) is 34.2. The standard InChI is InChI=1S/C18H39N.CH2O2.ClH/c1-2-3-4-5-6-7-8-9-10-11-12-13-14-15-16-17-18-19;2-1-3;/h2-19H2,1H3;1H,(H,2,3);1H. The van der Waals surface area contributed by atoms with E-state index in [2.05, 4.69) is 6.92 Å². The molecule has 0 saturated heterocycles. The van der Waals surface area contributed by atoms with Crippen LogP contribution in [-0.4, -0.2) is 18.1 Å². The van der Waals surface area contributed by atoms with E-state index in [1.807, 2.05) is 0 Å². The van der Waals surface area contributed by atoms with Gasteiger partial charge in [-0.25, -0.2) is 0 Å². The highest BCUT2D eigenvalue weighted by Gasteiger charge is 1.94. The van der Waals surface area contributed by atoms with Crippen LogP contribution in [0.2, 0.25) is 0 Å². The molecular weight excluding hydrogens is 310 g/mol. The number of hydrogen-bond donors (Lipinski definition) is 2. The number of carboxylic acid groups (broad SMARTS) is 1. The zero-order valence-electron chi connectivity index (χ0n) is 15.4. The van der Waals surface area contributed by atoms with Crippen molar-refractivity contribution < 1.29 is 9.90 Å². The van der Waals surface area contributed by atoms with Crippen molar-refractivity contribution in [1.82, 2.24) is 0 Å². The van der Waals surface area contributed by atoms with Crippen molar-refractivity contribution in [3.05, 3.63) is 0 Å². The third-order valence-electron chi connectivity index (χ3n) is 4.06. The van der Waals surface area contributed by atoms with Gasteiger partial charge in [0.1, 0.15) is 0 Å². The predicted octanol–water partition coefficient (Wildman–Crippen LogP) is 6.33. The Morgan fingerprint density at radius 1 is 0.652 bits per heavy atom. The topological polar surface area (TPSA) is 63.3 Å². The van der Waals surface area contributed by atoms with Gasteiger partial charge in [-0.3, -0.25) is 4.79 Å². The van der Waals surface area contributed by atoms with Crippen LogP contribution in [0, 0.1) is 0 Å². The number of carbonyl (C=O) groups is 1. The van der Waals surface area contributed by atoms with Gasteiger partial charge in [-0.2, -0.15) is 0 Å². The van der Waals surface area contributed by atoms with Crippen molar-refractivity contribution in [2.45, 2.75) is 110 Å². The second-order valence-corrected chi connectivity index (χ2v) is 6.20. The number of rotatable bonds is 16. The Morgan fingerprint density at radius 3 is 1.09 bits per heavy atom. The monoisotopic (exact) mass is 351 g/mol. The Kier molecular flexibility index (Phi) is 35.6. The van der Waals surface area contributed by atoms with Crippen molar-refractivity contribution in [3.63, 3.8) is 0 Å². The summed E-state index contributed by atoms with van der Waals surface area (Å²) in [6.07, 6.45) is 22.9. The van der Waals surface area contributed by atoms with Crippen LogP contribution >= 0.6 is 12.4 Å². The van der Waals surface area contributed by atoms with Crippen LogP contribution in [0.25, 0.3) is 0 Å². The fraction of sp³-hybridized carbons (Fsp3) is 0.947. The molecule has 0 saturated carbocycles. The van der Waals surface area contributed by atoms with E-state index in [9.17, 15) is 0 Å². The summed E-state index contributed by atoms with van der Waals surface area (Å²) < 4.78 is 0. The lowest BCUT2D eigenvalue weighted by Crippen LogP contribution is -1.97. The summed E-state index contributed by atoms with van der Waals surface area (Å²) in [6, 6.07) is 0. The quantitative estimate of drug-likeness (QED) is 0.252. The lowest BCUT2D eigenvalue weighted by Gasteiger charge is -2.03. The average molecular weight is 352 g/mol. The molecule has 0 amide bonds. The molecule has 23 heavy (non-hydrogen) atoms. The summed E-state index contributed by atoms with van der Waals surface area (Å²) in [7, 11) is 0. The molecule has 0 heterocycles. The van der Waals surface area contributed by atoms with Crippen LogP contribution in [0.15, 0.2) is 0 Å². The molecule has 4 heteroatoms. The Bertz CT molecular complexity index is 176. The molecule has 0 aliphatic heterocycles. The summed E-state index contributed by atoms with van der Waals surface area (Å²) in [6.45, 7) is 2.91. The highest BCUT2D eigenvalue weighted by atomic mass is 35.5. The molecule has 0 aliphatic rings. The molecule has 0 aromatic carbocycles. The van der Waals surface area contributed by atoms with Gasteiger partial charge in [0.25, 0.3) is 6.47 Å². The summed E-state index contributed by atoms with van der Waals surface area (Å²) in [5.74, 6) is 0. The largest absolute Gasteiger partial charge is 0.483 e. The van der Waals surface area contributed by atoms with E-state index in [0.717, 1.165) is 6.54 Å². The van der Waals surface area contributed by atoms with Gasteiger partial charge in [0.05, 0.1) is 0 Å². The predicted molar refractivity (Wildman–Crippen MR) is 105 cm³/mol. The molecule has 142 valence electrons. The van der Waals surface area contributed by atoms with Crippen molar-refractivity contribution in [2.75, 3.05) is 6.54 Å².